The van der Waals surface area contributed by atoms with Crippen LogP contribution in [0.25, 0.3) is 10.9 Å². The van der Waals surface area contributed by atoms with Gasteiger partial charge >= 0.3 is 5.97 Å². The maximum absolute atomic E-state index is 12.1. The first-order chi connectivity index (χ1) is 14.1. The van der Waals surface area contributed by atoms with Gasteiger partial charge in [-0.1, -0.05) is 48.5 Å². The van der Waals surface area contributed by atoms with Crippen molar-refractivity contribution in [3.05, 3.63) is 71.4 Å². The third kappa shape index (κ3) is 3.67. The molecule has 1 aromatic heterocycles. The zero-order valence-corrected chi connectivity index (χ0v) is 16.6. The molecule has 3 aromatic rings. The van der Waals surface area contributed by atoms with Crippen LogP contribution in [-0.2, 0) is 32.6 Å². The summed E-state index contributed by atoms with van der Waals surface area (Å²) in [5.41, 5.74) is 3.51. The number of aromatic amines is 1. The highest BCUT2D eigenvalue weighted by Gasteiger charge is 2.45. The zero-order chi connectivity index (χ0) is 20.4. The van der Waals surface area contributed by atoms with Crippen molar-refractivity contribution in [3.8, 4) is 0 Å². The van der Waals surface area contributed by atoms with Crippen LogP contribution in [-0.4, -0.2) is 42.6 Å². The molecule has 152 valence electrons. The lowest BCUT2D eigenvalue weighted by Crippen LogP contribution is -2.58. The molecular weight excluding hydrogens is 368 g/mol. The highest BCUT2D eigenvalue weighted by molar-refractivity contribution is 5.87. The van der Waals surface area contributed by atoms with Crippen LogP contribution in [0.15, 0.2) is 54.6 Å². The number of carboxylic acid groups (broad SMARTS) is 1. The number of hydrogen-bond donors (Lipinski definition) is 3. The standard InChI is InChI=1S/C23H26N2O4/c1-28-20(29-2)14-23(13-15-8-4-3-5-9-15)21-17(12-19(25-23)22(26)27)16-10-6-7-11-18(16)24-21/h3-11,19-20,24-25H,12-14H2,1-2H3,(H,26,27)/t19-,23?/m0/s1. The van der Waals surface area contributed by atoms with E-state index in [0.717, 1.165) is 27.7 Å². The number of methoxy groups -OCH3 is 2. The van der Waals surface area contributed by atoms with E-state index in [2.05, 4.69) is 22.4 Å². The summed E-state index contributed by atoms with van der Waals surface area (Å²) in [5.74, 6) is -0.857. The minimum absolute atomic E-state index is 0.426. The summed E-state index contributed by atoms with van der Waals surface area (Å²) in [6.45, 7) is 0. The van der Waals surface area contributed by atoms with Crippen molar-refractivity contribution in [1.82, 2.24) is 10.3 Å². The summed E-state index contributed by atoms with van der Waals surface area (Å²) in [6, 6.07) is 17.4. The fourth-order valence-corrected chi connectivity index (χ4v) is 4.49. The average Bonchev–Trinajstić information content (AvgIpc) is 3.12. The Morgan fingerprint density at radius 1 is 1.14 bits per heavy atom. The van der Waals surface area contributed by atoms with Gasteiger partial charge in [0.2, 0.25) is 0 Å². The van der Waals surface area contributed by atoms with Gasteiger partial charge < -0.3 is 19.6 Å². The minimum Gasteiger partial charge on any atom is -0.480 e. The van der Waals surface area contributed by atoms with Crippen molar-refractivity contribution in [3.63, 3.8) is 0 Å². The Balaban J connectivity index is 1.90. The van der Waals surface area contributed by atoms with E-state index in [1.165, 1.54) is 0 Å². The van der Waals surface area contributed by atoms with E-state index in [0.29, 0.717) is 19.3 Å². The van der Waals surface area contributed by atoms with Crippen LogP contribution in [0, 0.1) is 0 Å². The predicted molar refractivity (Wildman–Crippen MR) is 111 cm³/mol. The van der Waals surface area contributed by atoms with Gasteiger partial charge in [0.1, 0.15) is 6.04 Å². The molecular formula is C23H26N2O4. The lowest BCUT2D eigenvalue weighted by atomic mass is 9.77. The molecule has 0 saturated heterocycles. The summed E-state index contributed by atoms with van der Waals surface area (Å²) in [6.07, 6.45) is 1.03. The van der Waals surface area contributed by atoms with Gasteiger partial charge in [0.15, 0.2) is 6.29 Å². The van der Waals surface area contributed by atoms with E-state index in [1.807, 2.05) is 42.5 Å². The molecule has 0 amide bonds. The van der Waals surface area contributed by atoms with Gasteiger partial charge in [0.25, 0.3) is 0 Å². The lowest BCUT2D eigenvalue weighted by molar-refractivity contribution is -0.143. The van der Waals surface area contributed by atoms with E-state index in [1.54, 1.807) is 14.2 Å². The number of ether oxygens (including phenoxy) is 2. The van der Waals surface area contributed by atoms with Crippen molar-refractivity contribution < 1.29 is 19.4 Å². The molecule has 3 N–H and O–H groups in total. The van der Waals surface area contributed by atoms with E-state index >= 15 is 0 Å². The first-order valence-corrected chi connectivity index (χ1v) is 9.76. The second kappa shape index (κ2) is 7.99. The number of H-pyrrole nitrogens is 1. The fraction of sp³-hybridized carbons (Fsp3) is 0.348. The number of rotatable bonds is 7. The molecule has 6 heteroatoms. The smallest absolute Gasteiger partial charge is 0.321 e. The second-order valence-electron chi connectivity index (χ2n) is 7.61. The van der Waals surface area contributed by atoms with Crippen LogP contribution < -0.4 is 5.32 Å². The normalized spacial score (nSPS) is 21.4. The summed E-state index contributed by atoms with van der Waals surface area (Å²) in [7, 11) is 3.21. The molecule has 0 spiro atoms. The van der Waals surface area contributed by atoms with Crippen molar-refractivity contribution in [2.24, 2.45) is 0 Å². The van der Waals surface area contributed by atoms with Gasteiger partial charge in [-0.3, -0.25) is 10.1 Å². The van der Waals surface area contributed by atoms with E-state index in [4.69, 9.17) is 9.47 Å². The number of aromatic nitrogens is 1. The van der Waals surface area contributed by atoms with Gasteiger partial charge in [-0.2, -0.15) is 0 Å². The molecule has 1 unspecified atom stereocenters. The van der Waals surface area contributed by atoms with E-state index in [9.17, 15) is 9.90 Å². The Bertz CT molecular complexity index is 997. The Morgan fingerprint density at radius 3 is 2.52 bits per heavy atom. The molecule has 4 rings (SSSR count). The molecule has 0 bridgehead atoms. The summed E-state index contributed by atoms with van der Waals surface area (Å²) in [5, 5.41) is 14.4. The summed E-state index contributed by atoms with van der Waals surface area (Å²) in [4.78, 5) is 15.6. The molecule has 0 radical (unpaired) electrons. The van der Waals surface area contributed by atoms with Crippen molar-refractivity contribution >= 4 is 16.9 Å². The van der Waals surface area contributed by atoms with Crippen LogP contribution >= 0.6 is 0 Å². The van der Waals surface area contributed by atoms with Gasteiger partial charge in [0, 0.05) is 43.7 Å². The molecule has 2 atom stereocenters. The minimum atomic E-state index is -0.857. The first kappa shape index (κ1) is 19.6. The summed E-state index contributed by atoms with van der Waals surface area (Å²) >= 11 is 0. The largest absolute Gasteiger partial charge is 0.480 e. The highest BCUT2D eigenvalue weighted by atomic mass is 16.7. The van der Waals surface area contributed by atoms with Crippen molar-refractivity contribution in [2.45, 2.75) is 37.1 Å². The van der Waals surface area contributed by atoms with E-state index < -0.39 is 23.8 Å². The predicted octanol–water partition coefficient (Wildman–Crippen LogP) is 3.21. The Morgan fingerprint density at radius 2 is 1.83 bits per heavy atom. The molecule has 0 saturated carbocycles. The molecule has 29 heavy (non-hydrogen) atoms. The number of fused-ring (bicyclic) bond motifs is 3. The maximum atomic E-state index is 12.1. The van der Waals surface area contributed by atoms with Gasteiger partial charge in [-0.25, -0.2) is 0 Å². The van der Waals surface area contributed by atoms with Crippen molar-refractivity contribution in [2.75, 3.05) is 14.2 Å². The van der Waals surface area contributed by atoms with Crippen LogP contribution in [0.4, 0.5) is 0 Å². The zero-order valence-electron chi connectivity index (χ0n) is 16.6. The number of nitrogens with one attached hydrogen (secondary N) is 2. The molecule has 6 nitrogen and oxygen atoms in total. The number of carbonyl (C=O) groups is 1. The third-order valence-corrected chi connectivity index (χ3v) is 5.84. The van der Waals surface area contributed by atoms with Gasteiger partial charge in [-0.15, -0.1) is 0 Å². The number of hydrogen-bond acceptors (Lipinski definition) is 4. The Hall–Kier alpha value is -2.67. The average molecular weight is 394 g/mol. The second-order valence-corrected chi connectivity index (χ2v) is 7.61. The molecule has 1 aliphatic heterocycles. The number of benzene rings is 2. The van der Waals surface area contributed by atoms with Crippen LogP contribution in [0.2, 0.25) is 0 Å². The molecule has 0 aliphatic carbocycles. The maximum Gasteiger partial charge on any atom is 0.321 e. The monoisotopic (exact) mass is 394 g/mol. The molecule has 2 heterocycles. The molecule has 0 fully saturated rings. The van der Waals surface area contributed by atoms with Crippen LogP contribution in [0.5, 0.6) is 0 Å². The van der Waals surface area contributed by atoms with Crippen LogP contribution in [0.1, 0.15) is 23.2 Å². The Labute approximate surface area is 169 Å². The van der Waals surface area contributed by atoms with Gasteiger partial charge in [-0.05, 0) is 23.6 Å². The van der Waals surface area contributed by atoms with E-state index in [-0.39, 0.29) is 0 Å². The van der Waals surface area contributed by atoms with Crippen LogP contribution in [0.3, 0.4) is 0 Å². The van der Waals surface area contributed by atoms with Crippen molar-refractivity contribution in [1.29, 1.82) is 0 Å². The number of aliphatic carboxylic acids is 1. The lowest BCUT2D eigenvalue weighted by Gasteiger charge is -2.42. The quantitative estimate of drug-likeness (QED) is 0.536. The number of carboxylic acids is 1. The number of para-hydroxylation sites is 1. The summed E-state index contributed by atoms with van der Waals surface area (Å²) < 4.78 is 11.1. The highest BCUT2D eigenvalue weighted by Crippen LogP contribution is 2.40. The topological polar surface area (TPSA) is 83.6 Å². The van der Waals surface area contributed by atoms with Gasteiger partial charge in [0.05, 0.1) is 5.54 Å². The molecule has 2 aromatic carbocycles. The fourth-order valence-electron chi connectivity index (χ4n) is 4.49. The first-order valence-electron chi connectivity index (χ1n) is 9.76. The third-order valence-electron chi connectivity index (χ3n) is 5.84. The SMILES string of the molecule is COC(CC1(Cc2ccccc2)N[C@H](C(=O)O)Cc2c1[nH]c1ccccc21)OC. The molecule has 1 aliphatic rings. The Kier molecular flexibility index (Phi) is 5.41.